The van der Waals surface area contributed by atoms with Gasteiger partial charge in [-0.1, -0.05) is 37.3 Å². The number of anilines is 1. The van der Waals surface area contributed by atoms with Crippen molar-refractivity contribution < 1.29 is 21.6 Å². The number of hydrogen-bond acceptors (Lipinski definition) is 7. The van der Waals surface area contributed by atoms with Crippen LogP contribution in [0.5, 0.6) is 0 Å². The third-order valence-corrected chi connectivity index (χ3v) is 7.82. The molecule has 0 unspecified atom stereocenters. The van der Waals surface area contributed by atoms with E-state index in [0.29, 0.717) is 17.8 Å². The number of aromatic nitrogens is 2. The first-order chi connectivity index (χ1) is 16.9. The van der Waals surface area contributed by atoms with E-state index in [2.05, 4.69) is 26.9 Å². The first kappa shape index (κ1) is 25.2. The number of halogens is 2. The van der Waals surface area contributed by atoms with Crippen LogP contribution in [0.4, 0.5) is 14.5 Å². The largest absolute Gasteiger partial charge is 0.415 e. The van der Waals surface area contributed by atoms with Crippen molar-refractivity contribution >= 4 is 15.7 Å². The Hall–Kier alpha value is -2.89. The zero-order chi connectivity index (χ0) is 24.8. The molecule has 3 aromatic rings. The second kappa shape index (κ2) is 11.2. The van der Waals surface area contributed by atoms with Gasteiger partial charge in [0.05, 0.1) is 18.0 Å². The van der Waals surface area contributed by atoms with Crippen molar-refractivity contribution in [3.05, 3.63) is 66.1 Å². The quantitative estimate of drug-likeness (QED) is 0.416. The van der Waals surface area contributed by atoms with Gasteiger partial charge in [0.15, 0.2) is 0 Å². The summed E-state index contributed by atoms with van der Waals surface area (Å²) in [6.07, 6.45) is -2.84. The maximum atomic E-state index is 13.4. The van der Waals surface area contributed by atoms with Gasteiger partial charge in [0, 0.05) is 38.3 Å². The molecule has 0 radical (unpaired) electrons. The van der Waals surface area contributed by atoms with Gasteiger partial charge in [-0.2, -0.15) is 8.78 Å². The summed E-state index contributed by atoms with van der Waals surface area (Å²) >= 11 is 0. The van der Waals surface area contributed by atoms with E-state index in [9.17, 15) is 17.2 Å². The Morgan fingerprint density at radius 2 is 1.63 bits per heavy atom. The summed E-state index contributed by atoms with van der Waals surface area (Å²) in [5.41, 5.74) is 1.81. The Bertz CT molecular complexity index is 1180. The average Bonchev–Trinajstić information content (AvgIpc) is 3.38. The summed E-state index contributed by atoms with van der Waals surface area (Å²) in [5.74, 6) is -0.728. The molecular weight excluding hydrogens is 476 g/mol. The molecule has 2 aromatic carbocycles. The van der Waals surface area contributed by atoms with Gasteiger partial charge in [-0.15, -0.1) is 10.2 Å². The number of alkyl halides is 2. The van der Waals surface area contributed by atoms with Gasteiger partial charge < -0.3 is 9.32 Å². The molecule has 11 heteroatoms. The zero-order valence-electron chi connectivity index (χ0n) is 19.6. The van der Waals surface area contributed by atoms with Gasteiger partial charge in [0.25, 0.3) is 5.89 Å². The molecule has 1 saturated heterocycles. The fraction of sp³-hybridized carbons (Fsp3) is 0.417. The second-order valence-corrected chi connectivity index (χ2v) is 10.4. The van der Waals surface area contributed by atoms with Gasteiger partial charge in [-0.05, 0) is 36.4 Å². The molecule has 0 amide bonds. The van der Waals surface area contributed by atoms with Crippen molar-refractivity contribution in [2.75, 3.05) is 49.3 Å². The van der Waals surface area contributed by atoms with Gasteiger partial charge >= 0.3 is 6.43 Å². The Morgan fingerprint density at radius 1 is 0.971 bits per heavy atom. The predicted octanol–water partition coefficient (Wildman–Crippen LogP) is 3.65. The molecule has 8 nitrogen and oxygen atoms in total. The molecule has 1 aliphatic heterocycles. The molecule has 4 rings (SSSR count). The Labute approximate surface area is 204 Å². The van der Waals surface area contributed by atoms with E-state index in [4.69, 9.17) is 4.42 Å². The molecule has 0 N–H and O–H groups in total. The minimum absolute atomic E-state index is 0.0115. The van der Waals surface area contributed by atoms with Crippen molar-refractivity contribution in [3.63, 3.8) is 0 Å². The van der Waals surface area contributed by atoms with Gasteiger partial charge in [0.1, 0.15) is 0 Å². The van der Waals surface area contributed by atoms with E-state index in [1.165, 1.54) is 4.31 Å². The third kappa shape index (κ3) is 6.41. The Morgan fingerprint density at radius 3 is 2.23 bits per heavy atom. The summed E-state index contributed by atoms with van der Waals surface area (Å²) in [4.78, 5) is 4.55. The van der Waals surface area contributed by atoms with Crippen molar-refractivity contribution in [2.45, 2.75) is 19.9 Å². The monoisotopic (exact) mass is 505 g/mol. The van der Waals surface area contributed by atoms with E-state index < -0.39 is 22.3 Å². The summed E-state index contributed by atoms with van der Waals surface area (Å²) in [6.45, 7) is 7.38. The van der Waals surface area contributed by atoms with E-state index >= 15 is 0 Å². The molecule has 0 aliphatic carbocycles. The van der Waals surface area contributed by atoms with Crippen molar-refractivity contribution in [3.8, 4) is 11.5 Å². The predicted molar refractivity (Wildman–Crippen MR) is 130 cm³/mol. The third-order valence-electron chi connectivity index (χ3n) is 6.11. The highest BCUT2D eigenvalue weighted by molar-refractivity contribution is 7.92. The number of sulfonamides is 1. The maximum Gasteiger partial charge on any atom is 0.314 e. The molecule has 0 atom stereocenters. The molecule has 0 saturated carbocycles. The molecule has 35 heavy (non-hydrogen) atoms. The number of hydrogen-bond donors (Lipinski definition) is 0. The Balaban J connectivity index is 1.48. The van der Waals surface area contributed by atoms with Crippen LogP contribution < -0.4 is 4.31 Å². The highest BCUT2D eigenvalue weighted by Crippen LogP contribution is 2.25. The van der Waals surface area contributed by atoms with Crippen molar-refractivity contribution in [2.24, 2.45) is 0 Å². The first-order valence-corrected chi connectivity index (χ1v) is 13.2. The topological polar surface area (TPSA) is 82.8 Å². The van der Waals surface area contributed by atoms with Crippen LogP contribution in [0.15, 0.2) is 59.0 Å². The molecule has 1 fully saturated rings. The van der Waals surface area contributed by atoms with Crippen LogP contribution in [-0.2, 0) is 16.6 Å². The van der Waals surface area contributed by atoms with Crippen molar-refractivity contribution in [1.29, 1.82) is 0 Å². The SMILES string of the molecule is CCN1CCN(CCS(=O)(=O)N(Cc2ccc(-c3nnc(C(F)F)o3)cc2)c2ccccc2)CC1. The summed E-state index contributed by atoms with van der Waals surface area (Å²) < 4.78 is 58.7. The summed E-state index contributed by atoms with van der Waals surface area (Å²) in [5, 5.41) is 7.00. The minimum atomic E-state index is -3.61. The molecule has 188 valence electrons. The van der Waals surface area contributed by atoms with Crippen LogP contribution in [0.25, 0.3) is 11.5 Å². The average molecular weight is 506 g/mol. The fourth-order valence-corrected chi connectivity index (χ4v) is 5.48. The standard InChI is InChI=1S/C24H29F2N5O3S/c1-2-29-12-14-30(15-13-29)16-17-35(32,33)31(21-6-4-3-5-7-21)18-19-8-10-20(11-9-19)23-27-28-24(34-23)22(25)26/h3-11,22H,2,12-18H2,1H3. The van der Waals surface area contributed by atoms with Crippen LogP contribution in [0.3, 0.4) is 0 Å². The summed E-state index contributed by atoms with van der Waals surface area (Å²) in [7, 11) is -3.61. The van der Waals surface area contributed by atoms with E-state index in [1.807, 2.05) is 6.07 Å². The van der Waals surface area contributed by atoms with Crippen LogP contribution in [0, 0.1) is 0 Å². The summed E-state index contributed by atoms with van der Waals surface area (Å²) in [6, 6.07) is 15.8. The molecule has 0 spiro atoms. The number of para-hydroxylation sites is 1. The maximum absolute atomic E-state index is 13.4. The molecule has 0 bridgehead atoms. The van der Waals surface area contributed by atoms with E-state index in [-0.39, 0.29) is 18.2 Å². The van der Waals surface area contributed by atoms with E-state index in [0.717, 1.165) is 38.3 Å². The number of rotatable bonds is 10. The molecule has 1 aromatic heterocycles. The lowest BCUT2D eigenvalue weighted by Gasteiger charge is -2.34. The molecule has 2 heterocycles. The minimum Gasteiger partial charge on any atom is -0.415 e. The normalized spacial score (nSPS) is 15.5. The number of piperazine rings is 1. The zero-order valence-corrected chi connectivity index (χ0v) is 20.4. The first-order valence-electron chi connectivity index (χ1n) is 11.6. The molecule has 1 aliphatic rings. The van der Waals surface area contributed by atoms with Crippen LogP contribution in [-0.4, -0.2) is 73.4 Å². The second-order valence-electron chi connectivity index (χ2n) is 8.38. The number of nitrogens with zero attached hydrogens (tertiary/aromatic N) is 5. The van der Waals surface area contributed by atoms with E-state index in [1.54, 1.807) is 48.5 Å². The van der Waals surface area contributed by atoms with Gasteiger partial charge in [-0.25, -0.2) is 8.42 Å². The number of likely N-dealkylation sites (N-methyl/N-ethyl adjacent to an activating group) is 1. The molecular formula is C24H29F2N5O3S. The van der Waals surface area contributed by atoms with Crippen LogP contribution >= 0.6 is 0 Å². The Kier molecular flexibility index (Phi) is 8.09. The van der Waals surface area contributed by atoms with Crippen molar-refractivity contribution in [1.82, 2.24) is 20.0 Å². The highest BCUT2D eigenvalue weighted by Gasteiger charge is 2.25. The van der Waals surface area contributed by atoms with Crippen LogP contribution in [0.2, 0.25) is 0 Å². The lowest BCUT2D eigenvalue weighted by atomic mass is 10.1. The smallest absolute Gasteiger partial charge is 0.314 e. The lowest BCUT2D eigenvalue weighted by molar-refractivity contribution is 0.116. The highest BCUT2D eigenvalue weighted by atomic mass is 32.2. The van der Waals surface area contributed by atoms with Gasteiger partial charge in [0.2, 0.25) is 15.9 Å². The van der Waals surface area contributed by atoms with Crippen LogP contribution in [0.1, 0.15) is 24.8 Å². The van der Waals surface area contributed by atoms with Gasteiger partial charge in [-0.3, -0.25) is 9.21 Å². The lowest BCUT2D eigenvalue weighted by Crippen LogP contribution is -2.48. The number of benzene rings is 2. The fourth-order valence-electron chi connectivity index (χ4n) is 3.99.